The van der Waals surface area contributed by atoms with Crippen molar-refractivity contribution >= 4 is 11.9 Å². The van der Waals surface area contributed by atoms with E-state index in [0.29, 0.717) is 18.8 Å². The van der Waals surface area contributed by atoms with Gasteiger partial charge in [-0.1, -0.05) is 37.1 Å². The van der Waals surface area contributed by atoms with Crippen LogP contribution < -0.4 is 5.32 Å². The Morgan fingerprint density at radius 1 is 1.21 bits per heavy atom. The summed E-state index contributed by atoms with van der Waals surface area (Å²) in [5, 5.41) is 12.5. The van der Waals surface area contributed by atoms with Crippen LogP contribution in [0.2, 0.25) is 0 Å². The maximum absolute atomic E-state index is 12.6. The normalized spacial score (nSPS) is 29.5. The monoisotopic (exact) mass is 329 g/mol. The highest BCUT2D eigenvalue weighted by molar-refractivity contribution is 5.79. The van der Waals surface area contributed by atoms with Crippen LogP contribution in [0, 0.1) is 11.8 Å². The number of carboxylic acid groups (broad SMARTS) is 1. The molecule has 1 aromatic rings. The standard InChI is InChI=1S/C20H27NO3/c1-20(11-5-4-8-17(20)19(23)24)21-18(22)13-14-9-10-15-6-2-3-7-16(15)12-14/h2-3,6-7,14,17H,4-5,8-13H2,1H3,(H,21,22)(H,23,24). The van der Waals surface area contributed by atoms with Crippen LogP contribution >= 0.6 is 0 Å². The van der Waals surface area contributed by atoms with Gasteiger partial charge in [0.2, 0.25) is 5.91 Å². The lowest BCUT2D eigenvalue weighted by atomic mass is 9.73. The number of aliphatic carboxylic acids is 1. The number of hydrogen-bond acceptors (Lipinski definition) is 2. The lowest BCUT2D eigenvalue weighted by Crippen LogP contribution is -2.55. The van der Waals surface area contributed by atoms with Crippen LogP contribution in [0.5, 0.6) is 0 Å². The van der Waals surface area contributed by atoms with Crippen molar-refractivity contribution in [1.82, 2.24) is 5.32 Å². The molecule has 130 valence electrons. The number of amides is 1. The van der Waals surface area contributed by atoms with Crippen molar-refractivity contribution in [2.75, 3.05) is 0 Å². The van der Waals surface area contributed by atoms with Crippen LogP contribution in [0.15, 0.2) is 24.3 Å². The molecule has 0 aliphatic heterocycles. The topological polar surface area (TPSA) is 66.4 Å². The first-order valence-electron chi connectivity index (χ1n) is 9.08. The van der Waals surface area contributed by atoms with E-state index in [-0.39, 0.29) is 5.91 Å². The van der Waals surface area contributed by atoms with Crippen LogP contribution in [0.4, 0.5) is 0 Å². The Morgan fingerprint density at radius 3 is 2.71 bits per heavy atom. The number of aryl methyl sites for hydroxylation is 1. The van der Waals surface area contributed by atoms with Gasteiger partial charge in [0.25, 0.3) is 0 Å². The van der Waals surface area contributed by atoms with Gasteiger partial charge >= 0.3 is 5.97 Å². The highest BCUT2D eigenvalue weighted by Crippen LogP contribution is 2.34. The number of rotatable bonds is 4. The van der Waals surface area contributed by atoms with E-state index < -0.39 is 17.4 Å². The molecule has 0 radical (unpaired) electrons. The first-order valence-corrected chi connectivity index (χ1v) is 9.08. The Balaban J connectivity index is 1.60. The third kappa shape index (κ3) is 3.63. The van der Waals surface area contributed by atoms with Crippen molar-refractivity contribution in [2.24, 2.45) is 11.8 Å². The van der Waals surface area contributed by atoms with E-state index in [0.717, 1.165) is 38.5 Å². The summed E-state index contributed by atoms with van der Waals surface area (Å²) in [7, 11) is 0. The molecule has 0 saturated heterocycles. The van der Waals surface area contributed by atoms with E-state index in [4.69, 9.17) is 0 Å². The first kappa shape index (κ1) is 17.0. The highest BCUT2D eigenvalue weighted by atomic mass is 16.4. The number of hydrogen-bond donors (Lipinski definition) is 2. The maximum Gasteiger partial charge on any atom is 0.308 e. The zero-order valence-electron chi connectivity index (χ0n) is 14.4. The van der Waals surface area contributed by atoms with E-state index in [1.54, 1.807) is 0 Å². The predicted molar refractivity (Wildman–Crippen MR) is 92.7 cm³/mol. The smallest absolute Gasteiger partial charge is 0.308 e. The van der Waals surface area contributed by atoms with Crippen molar-refractivity contribution in [2.45, 2.75) is 63.8 Å². The lowest BCUT2D eigenvalue weighted by molar-refractivity contribution is -0.146. The molecular formula is C20H27NO3. The van der Waals surface area contributed by atoms with Gasteiger partial charge in [0.1, 0.15) is 0 Å². The summed E-state index contributed by atoms with van der Waals surface area (Å²) >= 11 is 0. The number of carbonyl (C=O) groups excluding carboxylic acids is 1. The molecule has 1 fully saturated rings. The third-order valence-electron chi connectivity index (χ3n) is 5.85. The summed E-state index contributed by atoms with van der Waals surface area (Å²) in [5.41, 5.74) is 2.15. The lowest BCUT2D eigenvalue weighted by Gasteiger charge is -2.40. The summed E-state index contributed by atoms with van der Waals surface area (Å²) in [5.74, 6) is -0.892. The Bertz CT molecular complexity index is 627. The van der Waals surface area contributed by atoms with E-state index >= 15 is 0 Å². The van der Waals surface area contributed by atoms with Gasteiger partial charge in [0, 0.05) is 6.42 Å². The zero-order chi connectivity index (χ0) is 17.2. The minimum absolute atomic E-state index is 0.00929. The molecule has 3 atom stereocenters. The molecule has 4 heteroatoms. The molecular weight excluding hydrogens is 302 g/mol. The first-order chi connectivity index (χ1) is 11.5. The van der Waals surface area contributed by atoms with Crippen molar-refractivity contribution in [1.29, 1.82) is 0 Å². The molecule has 3 rings (SSSR count). The average molecular weight is 329 g/mol. The average Bonchev–Trinajstić information content (AvgIpc) is 2.54. The Kier molecular flexibility index (Phi) is 4.93. The molecule has 1 saturated carbocycles. The van der Waals surface area contributed by atoms with Gasteiger partial charge in [0.15, 0.2) is 0 Å². The molecule has 2 aliphatic carbocycles. The molecule has 2 N–H and O–H groups in total. The number of nitrogens with one attached hydrogen (secondary N) is 1. The van der Waals surface area contributed by atoms with E-state index in [1.807, 2.05) is 6.92 Å². The quantitative estimate of drug-likeness (QED) is 0.890. The fraction of sp³-hybridized carbons (Fsp3) is 0.600. The molecule has 0 spiro atoms. The zero-order valence-corrected chi connectivity index (χ0v) is 14.4. The summed E-state index contributed by atoms with van der Waals surface area (Å²) in [6, 6.07) is 8.46. The maximum atomic E-state index is 12.6. The van der Waals surface area contributed by atoms with Gasteiger partial charge in [-0.3, -0.25) is 9.59 Å². The second-order valence-electron chi connectivity index (χ2n) is 7.68. The molecule has 0 bridgehead atoms. The van der Waals surface area contributed by atoms with Crippen molar-refractivity contribution < 1.29 is 14.7 Å². The molecule has 1 amide bonds. The van der Waals surface area contributed by atoms with Crippen LogP contribution in [0.3, 0.4) is 0 Å². The largest absolute Gasteiger partial charge is 0.481 e. The Hall–Kier alpha value is -1.84. The number of carboxylic acids is 1. The van der Waals surface area contributed by atoms with Crippen molar-refractivity contribution in [3.8, 4) is 0 Å². The van der Waals surface area contributed by atoms with Gasteiger partial charge in [-0.2, -0.15) is 0 Å². The van der Waals surface area contributed by atoms with Crippen LogP contribution in [-0.4, -0.2) is 22.5 Å². The highest BCUT2D eigenvalue weighted by Gasteiger charge is 2.42. The molecule has 2 aliphatic rings. The summed E-state index contributed by atoms with van der Waals surface area (Å²) in [6.45, 7) is 1.90. The van der Waals surface area contributed by atoms with Gasteiger partial charge < -0.3 is 10.4 Å². The Morgan fingerprint density at radius 2 is 1.96 bits per heavy atom. The molecule has 0 heterocycles. The van der Waals surface area contributed by atoms with Crippen LogP contribution in [-0.2, 0) is 22.4 Å². The number of fused-ring (bicyclic) bond motifs is 1. The summed E-state index contributed by atoms with van der Waals surface area (Å²) in [4.78, 5) is 24.1. The second kappa shape index (κ2) is 6.96. The van der Waals surface area contributed by atoms with Crippen LogP contribution in [0.25, 0.3) is 0 Å². The summed E-state index contributed by atoms with van der Waals surface area (Å²) in [6.07, 6.45) is 6.83. The van der Waals surface area contributed by atoms with Crippen molar-refractivity contribution in [3.63, 3.8) is 0 Å². The molecule has 4 nitrogen and oxygen atoms in total. The van der Waals surface area contributed by atoms with Crippen LogP contribution in [0.1, 0.15) is 56.6 Å². The van der Waals surface area contributed by atoms with Gasteiger partial charge in [-0.05, 0) is 56.1 Å². The molecule has 0 aromatic heterocycles. The molecule has 24 heavy (non-hydrogen) atoms. The van der Waals surface area contributed by atoms with E-state index in [1.165, 1.54) is 11.1 Å². The van der Waals surface area contributed by atoms with Gasteiger partial charge in [-0.25, -0.2) is 0 Å². The minimum Gasteiger partial charge on any atom is -0.481 e. The van der Waals surface area contributed by atoms with E-state index in [9.17, 15) is 14.7 Å². The Labute approximate surface area is 143 Å². The van der Waals surface area contributed by atoms with Gasteiger partial charge in [0.05, 0.1) is 11.5 Å². The van der Waals surface area contributed by atoms with Crippen molar-refractivity contribution in [3.05, 3.63) is 35.4 Å². The third-order valence-corrected chi connectivity index (χ3v) is 5.85. The van der Waals surface area contributed by atoms with Gasteiger partial charge in [-0.15, -0.1) is 0 Å². The minimum atomic E-state index is -0.788. The second-order valence-corrected chi connectivity index (χ2v) is 7.68. The fourth-order valence-electron chi connectivity index (χ4n) is 4.46. The van der Waals surface area contributed by atoms with E-state index in [2.05, 4.69) is 29.6 Å². The summed E-state index contributed by atoms with van der Waals surface area (Å²) < 4.78 is 0. The number of benzene rings is 1. The molecule has 3 unspecified atom stereocenters. The molecule has 1 aromatic carbocycles. The predicted octanol–water partition coefficient (Wildman–Crippen LogP) is 3.33. The fourth-order valence-corrected chi connectivity index (χ4v) is 4.46. The SMILES string of the molecule is CC1(NC(=O)CC2CCc3ccccc3C2)CCCCC1C(=O)O. The number of carbonyl (C=O) groups is 2.